The zero-order valence-corrected chi connectivity index (χ0v) is 12.4. The molecule has 5 nitrogen and oxygen atoms in total. The number of ether oxygens (including phenoxy) is 3. The second-order valence-electron chi connectivity index (χ2n) is 6.74. The number of hydrogen-bond donors (Lipinski definition) is 0. The summed E-state index contributed by atoms with van der Waals surface area (Å²) < 4.78 is 16.3. The SMILES string of the molecule is O=C1O[C@H]2[C@H]3C[C@H](C4=C[C@H](OC(=O)c5ccccc5)C[C@H]43)[C@H]2O1. The topological polar surface area (TPSA) is 61.8 Å². The minimum Gasteiger partial charge on any atom is -0.455 e. The number of carbonyl (C=O) groups is 2. The lowest BCUT2D eigenvalue weighted by Gasteiger charge is -2.27. The van der Waals surface area contributed by atoms with Crippen LogP contribution in [0.4, 0.5) is 4.79 Å². The van der Waals surface area contributed by atoms with Crippen molar-refractivity contribution in [2.45, 2.75) is 31.2 Å². The first-order valence-corrected chi connectivity index (χ1v) is 8.05. The van der Waals surface area contributed by atoms with Crippen molar-refractivity contribution in [3.63, 3.8) is 0 Å². The lowest BCUT2D eigenvalue weighted by Crippen LogP contribution is -2.35. The molecule has 1 aromatic carbocycles. The average Bonchev–Trinajstić information content (AvgIpc) is 3.25. The normalized spacial score (nSPS) is 39.3. The molecule has 0 amide bonds. The molecule has 0 radical (unpaired) electrons. The summed E-state index contributed by atoms with van der Waals surface area (Å²) in [5, 5.41) is 0. The molecule has 1 aliphatic heterocycles. The zero-order valence-electron chi connectivity index (χ0n) is 12.4. The highest BCUT2D eigenvalue weighted by Gasteiger charge is 2.63. The summed E-state index contributed by atoms with van der Waals surface area (Å²) in [4.78, 5) is 23.5. The largest absolute Gasteiger partial charge is 0.509 e. The van der Waals surface area contributed by atoms with Gasteiger partial charge in [-0.2, -0.15) is 0 Å². The van der Waals surface area contributed by atoms with Gasteiger partial charge in [-0.3, -0.25) is 0 Å². The van der Waals surface area contributed by atoms with Gasteiger partial charge in [-0.05, 0) is 37.0 Å². The second kappa shape index (κ2) is 4.60. The Labute approximate surface area is 133 Å². The van der Waals surface area contributed by atoms with E-state index >= 15 is 0 Å². The van der Waals surface area contributed by atoms with Gasteiger partial charge in [0.05, 0.1) is 5.56 Å². The molecular formula is C18H16O5. The molecule has 2 bridgehead atoms. The van der Waals surface area contributed by atoms with Crippen molar-refractivity contribution < 1.29 is 23.8 Å². The van der Waals surface area contributed by atoms with E-state index in [0.29, 0.717) is 17.4 Å². The number of rotatable bonds is 2. The standard InChI is InChI=1S/C18H16O5/c19-17(9-4-2-1-3-5-9)21-10-6-11-12(7-10)14-8-13(11)15-16(14)23-18(20)22-15/h1-6,10,12-16H,7-8H2/t10-,12+,13+,14-,15+,16-/m0/s1. The highest BCUT2D eigenvalue weighted by atomic mass is 16.8. The molecular weight excluding hydrogens is 296 g/mol. The van der Waals surface area contributed by atoms with Crippen molar-refractivity contribution in [2.75, 3.05) is 0 Å². The first-order chi connectivity index (χ1) is 11.2. The van der Waals surface area contributed by atoms with E-state index in [9.17, 15) is 9.59 Å². The maximum atomic E-state index is 12.2. The molecule has 4 aliphatic rings. The van der Waals surface area contributed by atoms with E-state index in [1.807, 2.05) is 18.2 Å². The van der Waals surface area contributed by atoms with E-state index in [4.69, 9.17) is 14.2 Å². The van der Waals surface area contributed by atoms with Crippen molar-refractivity contribution in [1.29, 1.82) is 0 Å². The first kappa shape index (κ1) is 13.2. The fourth-order valence-corrected chi connectivity index (χ4v) is 4.78. The Bertz CT molecular complexity index is 709. The van der Waals surface area contributed by atoms with Crippen LogP contribution in [-0.4, -0.2) is 30.4 Å². The molecule has 6 atom stereocenters. The summed E-state index contributed by atoms with van der Waals surface area (Å²) in [5.41, 5.74) is 1.86. The van der Waals surface area contributed by atoms with Crippen molar-refractivity contribution in [1.82, 2.24) is 0 Å². The van der Waals surface area contributed by atoms with Gasteiger partial charge >= 0.3 is 12.1 Å². The summed E-state index contributed by atoms with van der Waals surface area (Å²) in [6.07, 6.45) is 2.88. The van der Waals surface area contributed by atoms with Crippen LogP contribution >= 0.6 is 0 Å². The smallest absolute Gasteiger partial charge is 0.455 e. The maximum absolute atomic E-state index is 12.2. The van der Waals surface area contributed by atoms with Crippen LogP contribution in [0.2, 0.25) is 0 Å². The van der Waals surface area contributed by atoms with E-state index in [-0.39, 0.29) is 30.2 Å². The van der Waals surface area contributed by atoms with Crippen LogP contribution in [0.25, 0.3) is 0 Å². The molecule has 118 valence electrons. The first-order valence-electron chi connectivity index (χ1n) is 8.05. The third kappa shape index (κ3) is 1.85. The number of benzene rings is 1. The summed E-state index contributed by atoms with van der Waals surface area (Å²) >= 11 is 0. The molecule has 2 saturated carbocycles. The molecule has 0 spiro atoms. The lowest BCUT2D eigenvalue weighted by atomic mass is 9.82. The highest BCUT2D eigenvalue weighted by molar-refractivity contribution is 5.89. The summed E-state index contributed by atoms with van der Waals surface area (Å²) in [5.74, 6) is 0.608. The molecule has 0 N–H and O–H groups in total. The van der Waals surface area contributed by atoms with E-state index in [2.05, 4.69) is 6.08 Å². The molecule has 0 aromatic heterocycles. The molecule has 5 rings (SSSR count). The molecule has 1 saturated heterocycles. The monoisotopic (exact) mass is 312 g/mol. The van der Waals surface area contributed by atoms with Crippen LogP contribution in [-0.2, 0) is 14.2 Å². The Morgan fingerprint density at radius 3 is 2.65 bits per heavy atom. The van der Waals surface area contributed by atoms with E-state index in [1.54, 1.807) is 12.1 Å². The highest BCUT2D eigenvalue weighted by Crippen LogP contribution is 2.59. The van der Waals surface area contributed by atoms with Crippen molar-refractivity contribution in [3.8, 4) is 0 Å². The van der Waals surface area contributed by atoms with Crippen molar-refractivity contribution in [2.24, 2.45) is 17.8 Å². The van der Waals surface area contributed by atoms with Gasteiger partial charge < -0.3 is 14.2 Å². The predicted octanol–water partition coefficient (Wildman–Crippen LogP) is 2.71. The van der Waals surface area contributed by atoms with Gasteiger partial charge in [0.2, 0.25) is 0 Å². The Hall–Kier alpha value is -2.30. The number of esters is 1. The van der Waals surface area contributed by atoms with E-state index in [1.165, 1.54) is 5.57 Å². The molecule has 0 unspecified atom stereocenters. The van der Waals surface area contributed by atoms with Gasteiger partial charge in [0.25, 0.3) is 0 Å². The number of carbonyl (C=O) groups excluding carboxylic acids is 2. The Morgan fingerprint density at radius 1 is 1.04 bits per heavy atom. The van der Waals surface area contributed by atoms with Crippen LogP contribution in [0.5, 0.6) is 0 Å². The Kier molecular flexibility index (Phi) is 2.63. The van der Waals surface area contributed by atoms with Crippen LogP contribution in [0.15, 0.2) is 42.0 Å². The van der Waals surface area contributed by atoms with E-state index in [0.717, 1.165) is 12.8 Å². The molecule has 5 heteroatoms. The van der Waals surface area contributed by atoms with Gasteiger partial charge in [-0.1, -0.05) is 23.8 Å². The van der Waals surface area contributed by atoms with Gasteiger partial charge in [0.1, 0.15) is 18.3 Å². The number of fused-ring (bicyclic) bond motifs is 8. The molecule has 1 aromatic rings. The fraction of sp³-hybridized carbons (Fsp3) is 0.444. The van der Waals surface area contributed by atoms with E-state index < -0.39 is 6.16 Å². The van der Waals surface area contributed by atoms with Crippen LogP contribution in [0, 0.1) is 17.8 Å². The lowest BCUT2D eigenvalue weighted by molar-refractivity contribution is 0.0344. The van der Waals surface area contributed by atoms with Gasteiger partial charge in [-0.15, -0.1) is 0 Å². The third-order valence-corrected chi connectivity index (χ3v) is 5.64. The quantitative estimate of drug-likeness (QED) is 0.620. The van der Waals surface area contributed by atoms with Gasteiger partial charge in [-0.25, -0.2) is 9.59 Å². The Balaban J connectivity index is 1.33. The minimum absolute atomic E-state index is 0.113. The predicted molar refractivity (Wildman–Crippen MR) is 78.6 cm³/mol. The Morgan fingerprint density at radius 2 is 1.83 bits per heavy atom. The van der Waals surface area contributed by atoms with Crippen LogP contribution in [0.1, 0.15) is 23.2 Å². The summed E-state index contributed by atoms with van der Waals surface area (Å²) in [7, 11) is 0. The summed E-state index contributed by atoms with van der Waals surface area (Å²) in [6, 6.07) is 9.03. The maximum Gasteiger partial charge on any atom is 0.509 e. The van der Waals surface area contributed by atoms with Crippen molar-refractivity contribution >= 4 is 12.1 Å². The zero-order chi connectivity index (χ0) is 15.6. The number of hydrogen-bond acceptors (Lipinski definition) is 5. The molecule has 3 fully saturated rings. The van der Waals surface area contributed by atoms with Crippen molar-refractivity contribution in [3.05, 3.63) is 47.5 Å². The third-order valence-electron chi connectivity index (χ3n) is 5.64. The van der Waals surface area contributed by atoms with Crippen LogP contribution < -0.4 is 0 Å². The van der Waals surface area contributed by atoms with Gasteiger partial charge in [0.15, 0.2) is 0 Å². The molecule has 1 heterocycles. The minimum atomic E-state index is -0.540. The van der Waals surface area contributed by atoms with Gasteiger partial charge in [0, 0.05) is 11.8 Å². The average molecular weight is 312 g/mol. The molecule has 3 aliphatic carbocycles. The summed E-state index contributed by atoms with van der Waals surface area (Å²) in [6.45, 7) is 0. The second-order valence-corrected chi connectivity index (χ2v) is 6.74. The fourth-order valence-electron chi connectivity index (χ4n) is 4.78. The molecule has 23 heavy (non-hydrogen) atoms. The van der Waals surface area contributed by atoms with Crippen LogP contribution in [0.3, 0.4) is 0 Å².